The number of aliphatic hydroxyl groups excluding tert-OH is 1. The Kier molecular flexibility index (Phi) is 13.5. The topological polar surface area (TPSA) is 137 Å². The first-order valence-electron chi connectivity index (χ1n) is 20.2. The van der Waals surface area contributed by atoms with Crippen molar-refractivity contribution in [3.05, 3.63) is 95.1 Å². The molecular formula is C45H59N3O7. The second kappa shape index (κ2) is 18.2. The Morgan fingerprint density at radius 3 is 2.27 bits per heavy atom. The maximum Gasteiger partial charge on any atom is 0.303 e. The van der Waals surface area contributed by atoms with Gasteiger partial charge in [0.2, 0.25) is 11.8 Å². The molecule has 6 rings (SSSR count). The summed E-state index contributed by atoms with van der Waals surface area (Å²) in [5.41, 5.74) is 5.36. The molecule has 1 saturated carbocycles. The van der Waals surface area contributed by atoms with E-state index >= 15 is 0 Å². The van der Waals surface area contributed by atoms with Crippen molar-refractivity contribution in [1.82, 2.24) is 15.5 Å². The highest BCUT2D eigenvalue weighted by Gasteiger charge is 2.46. The highest BCUT2D eigenvalue weighted by molar-refractivity contribution is 5.82. The zero-order chi connectivity index (χ0) is 39.1. The van der Waals surface area contributed by atoms with Crippen LogP contribution in [0.3, 0.4) is 0 Å². The lowest BCUT2D eigenvalue weighted by Gasteiger charge is -2.51. The van der Waals surface area contributed by atoms with Gasteiger partial charge >= 0.3 is 5.97 Å². The number of fused-ring (bicyclic) bond motifs is 1. The SMILES string of the molecule is CC1C(CN2C(C(=O)NC(C)(C)C)CCC3CCCCC32)OC(c2ccc(-c3ccccc3CNC(=O)CCCC(=O)O)cc2)OC1c1ccc(CO)cc1. The number of carbonyl (C=O) groups is 3. The van der Waals surface area contributed by atoms with Crippen LogP contribution < -0.4 is 10.6 Å². The predicted octanol–water partition coefficient (Wildman–Crippen LogP) is 7.45. The number of carbonyl (C=O) groups excluding carboxylic acids is 2. The summed E-state index contributed by atoms with van der Waals surface area (Å²) in [6.07, 6.45) is 5.93. The fourth-order valence-electron chi connectivity index (χ4n) is 8.72. The molecule has 0 spiro atoms. The lowest BCUT2D eigenvalue weighted by Crippen LogP contribution is -2.61. The second-order valence-corrected chi connectivity index (χ2v) is 16.8. The Bertz CT molecular complexity index is 1760. The van der Waals surface area contributed by atoms with Gasteiger partial charge in [0.25, 0.3) is 0 Å². The highest BCUT2D eigenvalue weighted by Crippen LogP contribution is 2.44. The third kappa shape index (κ3) is 10.4. The summed E-state index contributed by atoms with van der Waals surface area (Å²) in [5.74, 6) is -0.417. The molecule has 3 fully saturated rings. The minimum atomic E-state index is -0.906. The van der Waals surface area contributed by atoms with Crippen molar-refractivity contribution in [1.29, 1.82) is 0 Å². The number of aliphatic hydroxyl groups is 1. The molecule has 3 aromatic carbocycles. The highest BCUT2D eigenvalue weighted by atomic mass is 16.7. The Morgan fingerprint density at radius 2 is 1.56 bits per heavy atom. The zero-order valence-corrected chi connectivity index (χ0v) is 32.8. The Morgan fingerprint density at radius 1 is 0.855 bits per heavy atom. The summed E-state index contributed by atoms with van der Waals surface area (Å²) >= 11 is 0. The van der Waals surface area contributed by atoms with Gasteiger partial charge in [-0.1, -0.05) is 92.6 Å². The molecule has 2 heterocycles. The van der Waals surface area contributed by atoms with E-state index in [0.29, 0.717) is 31.5 Å². The van der Waals surface area contributed by atoms with Crippen LogP contribution in [-0.4, -0.2) is 63.2 Å². The average Bonchev–Trinajstić information content (AvgIpc) is 3.17. The molecule has 1 aliphatic carbocycles. The first-order chi connectivity index (χ1) is 26.4. The molecule has 4 N–H and O–H groups in total. The molecule has 2 saturated heterocycles. The third-order valence-corrected chi connectivity index (χ3v) is 11.6. The second-order valence-electron chi connectivity index (χ2n) is 16.8. The van der Waals surface area contributed by atoms with Crippen LogP contribution in [-0.2, 0) is 37.0 Å². The number of piperidine rings is 1. The zero-order valence-electron chi connectivity index (χ0n) is 32.8. The van der Waals surface area contributed by atoms with E-state index in [1.54, 1.807) is 0 Å². The predicted molar refractivity (Wildman–Crippen MR) is 212 cm³/mol. The van der Waals surface area contributed by atoms with Gasteiger partial charge in [-0.25, -0.2) is 0 Å². The van der Waals surface area contributed by atoms with Gasteiger partial charge < -0.3 is 30.3 Å². The van der Waals surface area contributed by atoms with Crippen LogP contribution in [0.1, 0.15) is 120 Å². The molecule has 10 nitrogen and oxygen atoms in total. The normalized spacial score (nSPS) is 25.8. The van der Waals surface area contributed by atoms with Crippen LogP contribution in [0, 0.1) is 11.8 Å². The molecule has 0 radical (unpaired) electrons. The molecule has 10 heteroatoms. The van der Waals surface area contributed by atoms with E-state index in [-0.39, 0.29) is 61.0 Å². The molecule has 7 atom stereocenters. The summed E-state index contributed by atoms with van der Waals surface area (Å²) in [6, 6.07) is 24.2. The number of hydrogen-bond acceptors (Lipinski definition) is 7. The van der Waals surface area contributed by atoms with Crippen LogP contribution >= 0.6 is 0 Å². The molecule has 55 heavy (non-hydrogen) atoms. The van der Waals surface area contributed by atoms with E-state index in [1.165, 1.54) is 19.3 Å². The first-order valence-corrected chi connectivity index (χ1v) is 20.2. The lowest BCUT2D eigenvalue weighted by molar-refractivity contribution is -0.278. The fourth-order valence-corrected chi connectivity index (χ4v) is 8.72. The van der Waals surface area contributed by atoms with E-state index in [0.717, 1.165) is 52.6 Å². The van der Waals surface area contributed by atoms with Gasteiger partial charge in [0, 0.05) is 49.0 Å². The fraction of sp³-hybridized carbons (Fsp3) is 0.533. The van der Waals surface area contributed by atoms with Crippen molar-refractivity contribution in [2.75, 3.05) is 6.54 Å². The Balaban J connectivity index is 1.25. The number of carboxylic acid groups (broad SMARTS) is 1. The molecular weight excluding hydrogens is 695 g/mol. The van der Waals surface area contributed by atoms with Gasteiger partial charge in [-0.3, -0.25) is 19.3 Å². The van der Waals surface area contributed by atoms with E-state index in [4.69, 9.17) is 14.6 Å². The number of likely N-dealkylation sites (tertiary alicyclic amines) is 1. The Hall–Kier alpha value is -4.09. The summed E-state index contributed by atoms with van der Waals surface area (Å²) in [6.45, 7) is 9.24. The smallest absolute Gasteiger partial charge is 0.303 e. The minimum Gasteiger partial charge on any atom is -0.481 e. The van der Waals surface area contributed by atoms with Gasteiger partial charge in [0.15, 0.2) is 6.29 Å². The van der Waals surface area contributed by atoms with Crippen molar-refractivity contribution < 1.29 is 34.1 Å². The number of nitrogens with one attached hydrogen (secondary N) is 2. The average molecular weight is 754 g/mol. The van der Waals surface area contributed by atoms with Gasteiger partial charge in [-0.05, 0) is 86.6 Å². The van der Waals surface area contributed by atoms with Gasteiger partial charge in [-0.15, -0.1) is 0 Å². The van der Waals surface area contributed by atoms with Gasteiger partial charge in [0.05, 0.1) is 24.9 Å². The maximum absolute atomic E-state index is 13.9. The summed E-state index contributed by atoms with van der Waals surface area (Å²) < 4.78 is 13.8. The van der Waals surface area contributed by atoms with Crippen LogP contribution in [0.4, 0.5) is 0 Å². The maximum atomic E-state index is 13.9. The standard InChI is InChI=1S/C45H59N3O7/c1-29-39(27-48-37-13-8-6-10-32(37)24-25-38(48)43(53)47-45(2,3)4)54-44(55-42(29)33-18-16-30(28-49)17-19-33)34-22-20-31(21-23-34)36-12-7-5-11-35(36)26-46-40(50)14-9-15-41(51)52/h5,7,11-12,16-23,29,32,37-39,42,44,49H,6,8-10,13-15,24-28H2,1-4H3,(H,46,50)(H,47,53)(H,51,52). The number of amides is 2. The molecule has 0 aromatic heterocycles. The molecule has 3 aliphatic rings. The molecule has 2 aliphatic heterocycles. The van der Waals surface area contributed by atoms with E-state index in [9.17, 15) is 19.5 Å². The van der Waals surface area contributed by atoms with Crippen molar-refractivity contribution in [3.63, 3.8) is 0 Å². The van der Waals surface area contributed by atoms with Crippen LogP contribution in [0.15, 0.2) is 72.8 Å². The number of ether oxygens (including phenoxy) is 2. The van der Waals surface area contributed by atoms with Gasteiger partial charge in [0.1, 0.15) is 0 Å². The number of hydrogen-bond donors (Lipinski definition) is 4. The summed E-state index contributed by atoms with van der Waals surface area (Å²) in [5, 5.41) is 24.9. The van der Waals surface area contributed by atoms with E-state index < -0.39 is 12.3 Å². The molecule has 3 aromatic rings. The summed E-state index contributed by atoms with van der Waals surface area (Å²) in [4.78, 5) is 39.6. The molecule has 296 valence electrons. The quantitative estimate of drug-likeness (QED) is 0.141. The molecule has 2 amide bonds. The number of benzene rings is 3. The van der Waals surface area contributed by atoms with Gasteiger partial charge in [-0.2, -0.15) is 0 Å². The number of aliphatic carboxylic acids is 1. The largest absolute Gasteiger partial charge is 0.481 e. The van der Waals surface area contributed by atoms with Crippen molar-refractivity contribution >= 4 is 17.8 Å². The number of nitrogens with zero attached hydrogens (tertiary/aromatic N) is 1. The van der Waals surface area contributed by atoms with Crippen LogP contribution in [0.25, 0.3) is 11.1 Å². The Labute approximate surface area is 326 Å². The van der Waals surface area contributed by atoms with Crippen LogP contribution in [0.2, 0.25) is 0 Å². The van der Waals surface area contributed by atoms with E-state index in [1.807, 2.05) is 81.4 Å². The first kappa shape index (κ1) is 40.6. The van der Waals surface area contributed by atoms with Crippen molar-refractivity contribution in [2.45, 2.75) is 135 Å². The monoisotopic (exact) mass is 753 g/mol. The molecule has 0 bridgehead atoms. The van der Waals surface area contributed by atoms with E-state index in [2.05, 4.69) is 34.6 Å². The van der Waals surface area contributed by atoms with Crippen LogP contribution in [0.5, 0.6) is 0 Å². The number of carboxylic acids is 1. The number of rotatable bonds is 13. The van der Waals surface area contributed by atoms with Crippen molar-refractivity contribution in [3.8, 4) is 11.1 Å². The third-order valence-electron chi connectivity index (χ3n) is 11.6. The van der Waals surface area contributed by atoms with Crippen molar-refractivity contribution in [2.24, 2.45) is 11.8 Å². The molecule has 7 unspecified atom stereocenters. The lowest BCUT2D eigenvalue weighted by atomic mass is 9.75. The summed E-state index contributed by atoms with van der Waals surface area (Å²) in [7, 11) is 0. The minimum absolute atomic E-state index is 0.0167.